The Labute approximate surface area is 133 Å². The summed E-state index contributed by atoms with van der Waals surface area (Å²) in [5, 5.41) is 10.9. The molecule has 1 N–H and O–H groups in total. The van der Waals surface area contributed by atoms with Gasteiger partial charge in [0.2, 0.25) is 0 Å². The van der Waals surface area contributed by atoms with E-state index < -0.39 is 0 Å². The van der Waals surface area contributed by atoms with Gasteiger partial charge in [-0.2, -0.15) is 0 Å². The first kappa shape index (κ1) is 15.3. The van der Waals surface area contributed by atoms with Crippen LogP contribution in [0.1, 0.15) is 45.7 Å². The highest BCUT2D eigenvalue weighted by Gasteiger charge is 2.38. The quantitative estimate of drug-likeness (QED) is 0.901. The number of rotatable bonds is 5. The van der Waals surface area contributed by atoms with Gasteiger partial charge in [0, 0.05) is 11.5 Å². The van der Waals surface area contributed by atoms with Crippen molar-refractivity contribution in [3.63, 3.8) is 0 Å². The Balaban J connectivity index is 2.08. The molecule has 3 rings (SSSR count). The van der Waals surface area contributed by atoms with Crippen LogP contribution >= 0.6 is 0 Å². The first-order valence-electron chi connectivity index (χ1n) is 8.30. The molecule has 2 heterocycles. The van der Waals surface area contributed by atoms with Crippen LogP contribution in [0, 0.1) is 17.8 Å². The van der Waals surface area contributed by atoms with Crippen LogP contribution in [-0.4, -0.2) is 20.8 Å². The molecule has 0 saturated heterocycles. The Morgan fingerprint density at radius 2 is 1.91 bits per heavy atom. The van der Waals surface area contributed by atoms with Gasteiger partial charge >= 0.3 is 0 Å². The molecular formula is C19H26N2O. The van der Waals surface area contributed by atoms with Crippen molar-refractivity contribution in [1.82, 2.24) is 9.55 Å². The Kier molecular flexibility index (Phi) is 4.09. The molecule has 0 saturated carbocycles. The lowest BCUT2D eigenvalue weighted by atomic mass is 9.79. The molecule has 0 spiro atoms. The largest absolute Gasteiger partial charge is 0.392 e. The average molecular weight is 298 g/mol. The van der Waals surface area contributed by atoms with Crippen molar-refractivity contribution in [3.05, 3.63) is 42.4 Å². The van der Waals surface area contributed by atoms with E-state index in [9.17, 15) is 5.11 Å². The topological polar surface area (TPSA) is 38.1 Å². The summed E-state index contributed by atoms with van der Waals surface area (Å²) in [5.41, 5.74) is 3.75. The minimum atomic E-state index is -0.311. The van der Waals surface area contributed by atoms with Crippen LogP contribution in [0.2, 0.25) is 0 Å². The lowest BCUT2D eigenvalue weighted by Gasteiger charge is -2.33. The summed E-state index contributed by atoms with van der Waals surface area (Å²) >= 11 is 0. The first-order chi connectivity index (χ1) is 10.5. The van der Waals surface area contributed by atoms with Crippen LogP contribution < -0.4 is 0 Å². The van der Waals surface area contributed by atoms with E-state index in [4.69, 9.17) is 0 Å². The molecule has 2 aromatic rings. The second kappa shape index (κ2) is 5.88. The third kappa shape index (κ3) is 2.48. The Hall–Kier alpha value is -1.61. The molecule has 1 aromatic carbocycles. The number of hydrogen-bond donors (Lipinski definition) is 1. The molecular weight excluding hydrogens is 272 g/mol. The highest BCUT2D eigenvalue weighted by atomic mass is 16.3. The average Bonchev–Trinajstić information content (AvgIpc) is 3.04. The number of aliphatic hydroxyl groups is 1. The Bertz CT molecular complexity index is 644. The standard InChI is InChI=1S/C19H26N2O/c1-12(2)9-16(19(22)13(3)4)18-15-8-6-5-7-14(15)17-10-20-11-21(17)18/h5-8,10-13,16,18-19,22H,9H2,1-4H3/t16-,18-,19-/m1/s1. The molecule has 0 unspecified atom stereocenters. The van der Waals surface area contributed by atoms with Gasteiger partial charge in [-0.05, 0) is 23.8 Å². The van der Waals surface area contributed by atoms with E-state index in [0.29, 0.717) is 5.92 Å². The monoisotopic (exact) mass is 298 g/mol. The zero-order valence-electron chi connectivity index (χ0n) is 13.9. The van der Waals surface area contributed by atoms with Gasteiger partial charge in [0.1, 0.15) is 0 Å². The maximum Gasteiger partial charge on any atom is 0.0956 e. The fraction of sp³-hybridized carbons (Fsp3) is 0.526. The van der Waals surface area contributed by atoms with E-state index in [1.807, 2.05) is 12.5 Å². The second-order valence-corrected chi connectivity index (χ2v) is 7.25. The fourth-order valence-electron chi connectivity index (χ4n) is 3.80. The number of fused-ring (bicyclic) bond motifs is 3. The number of hydrogen-bond acceptors (Lipinski definition) is 2. The van der Waals surface area contributed by atoms with E-state index in [2.05, 4.69) is 61.5 Å². The molecule has 0 aliphatic carbocycles. The minimum Gasteiger partial charge on any atom is -0.392 e. The molecule has 0 fully saturated rings. The second-order valence-electron chi connectivity index (χ2n) is 7.25. The fourth-order valence-corrected chi connectivity index (χ4v) is 3.80. The van der Waals surface area contributed by atoms with Gasteiger partial charge in [-0.1, -0.05) is 52.0 Å². The van der Waals surface area contributed by atoms with Crippen molar-refractivity contribution in [3.8, 4) is 11.3 Å². The van der Waals surface area contributed by atoms with Crippen molar-refractivity contribution in [2.45, 2.75) is 46.3 Å². The highest BCUT2D eigenvalue weighted by molar-refractivity contribution is 5.69. The van der Waals surface area contributed by atoms with Crippen LogP contribution in [0.5, 0.6) is 0 Å². The van der Waals surface area contributed by atoms with Crippen LogP contribution in [0.3, 0.4) is 0 Å². The zero-order chi connectivity index (χ0) is 15.9. The third-order valence-corrected chi connectivity index (χ3v) is 4.79. The van der Waals surface area contributed by atoms with Crippen molar-refractivity contribution >= 4 is 0 Å². The summed E-state index contributed by atoms with van der Waals surface area (Å²) in [6, 6.07) is 8.73. The lowest BCUT2D eigenvalue weighted by Crippen LogP contribution is -2.34. The molecule has 22 heavy (non-hydrogen) atoms. The summed E-state index contributed by atoms with van der Waals surface area (Å²) in [5.74, 6) is 1.01. The number of nitrogens with zero attached hydrogens (tertiary/aromatic N) is 2. The molecule has 1 aliphatic heterocycles. The predicted octanol–water partition coefficient (Wildman–Crippen LogP) is 4.13. The molecule has 3 nitrogen and oxygen atoms in total. The van der Waals surface area contributed by atoms with Crippen molar-refractivity contribution in [2.24, 2.45) is 17.8 Å². The van der Waals surface area contributed by atoms with E-state index in [-0.39, 0.29) is 24.0 Å². The van der Waals surface area contributed by atoms with Crippen LogP contribution in [-0.2, 0) is 0 Å². The maximum atomic E-state index is 10.9. The number of aliphatic hydroxyl groups excluding tert-OH is 1. The maximum absolute atomic E-state index is 10.9. The molecule has 0 radical (unpaired) electrons. The van der Waals surface area contributed by atoms with Gasteiger partial charge in [0.15, 0.2) is 0 Å². The molecule has 118 valence electrons. The Morgan fingerprint density at radius 1 is 1.18 bits per heavy atom. The van der Waals surface area contributed by atoms with Gasteiger partial charge in [0.05, 0.1) is 30.4 Å². The molecule has 1 aromatic heterocycles. The molecule has 0 bridgehead atoms. The summed E-state index contributed by atoms with van der Waals surface area (Å²) in [4.78, 5) is 4.34. The summed E-state index contributed by atoms with van der Waals surface area (Å²) in [6.07, 6.45) is 4.55. The predicted molar refractivity (Wildman–Crippen MR) is 89.6 cm³/mol. The van der Waals surface area contributed by atoms with Gasteiger partial charge in [-0.15, -0.1) is 0 Å². The molecule has 3 atom stereocenters. The third-order valence-electron chi connectivity index (χ3n) is 4.79. The number of aromatic nitrogens is 2. The van der Waals surface area contributed by atoms with E-state index in [0.717, 1.165) is 6.42 Å². The number of imidazole rings is 1. The highest BCUT2D eigenvalue weighted by Crippen LogP contribution is 2.46. The number of benzene rings is 1. The van der Waals surface area contributed by atoms with Gasteiger partial charge < -0.3 is 9.67 Å². The van der Waals surface area contributed by atoms with Crippen molar-refractivity contribution in [1.29, 1.82) is 0 Å². The van der Waals surface area contributed by atoms with Crippen LogP contribution in [0.25, 0.3) is 11.3 Å². The normalized spacial score (nSPS) is 19.3. The molecule has 0 amide bonds. The van der Waals surface area contributed by atoms with E-state index in [1.165, 1.54) is 16.8 Å². The minimum absolute atomic E-state index is 0.188. The summed E-state index contributed by atoms with van der Waals surface area (Å²) in [7, 11) is 0. The lowest BCUT2D eigenvalue weighted by molar-refractivity contribution is 0.0364. The van der Waals surface area contributed by atoms with Gasteiger partial charge in [-0.3, -0.25) is 0 Å². The van der Waals surface area contributed by atoms with Crippen LogP contribution in [0.15, 0.2) is 36.8 Å². The van der Waals surface area contributed by atoms with Crippen molar-refractivity contribution < 1.29 is 5.11 Å². The summed E-state index contributed by atoms with van der Waals surface area (Å²) < 4.78 is 2.25. The smallest absolute Gasteiger partial charge is 0.0956 e. The molecule has 1 aliphatic rings. The first-order valence-corrected chi connectivity index (χ1v) is 8.30. The van der Waals surface area contributed by atoms with E-state index in [1.54, 1.807) is 0 Å². The Morgan fingerprint density at radius 3 is 2.59 bits per heavy atom. The van der Waals surface area contributed by atoms with Crippen LogP contribution in [0.4, 0.5) is 0 Å². The SMILES string of the molecule is CC(C)C[C@@H]([C@H](O)C(C)C)[C@H]1c2ccccc2-c2cncn21. The van der Waals surface area contributed by atoms with Gasteiger partial charge in [0.25, 0.3) is 0 Å². The van der Waals surface area contributed by atoms with Gasteiger partial charge in [-0.25, -0.2) is 4.98 Å². The molecule has 3 heteroatoms. The van der Waals surface area contributed by atoms with Crippen molar-refractivity contribution in [2.75, 3.05) is 0 Å². The summed E-state index contributed by atoms with van der Waals surface area (Å²) in [6.45, 7) is 8.67. The van der Waals surface area contributed by atoms with E-state index >= 15 is 0 Å². The zero-order valence-corrected chi connectivity index (χ0v) is 13.9.